The molecule has 4 aliphatic carbocycles. The number of fused-ring (bicyclic) bond motifs is 24. The topological polar surface area (TPSA) is 6.48 Å². The Morgan fingerprint density at radius 1 is 0.299 bits per heavy atom. The molecule has 0 bridgehead atoms. The van der Waals surface area contributed by atoms with E-state index in [1.54, 1.807) is 0 Å². The number of nitrogens with zero attached hydrogens (tertiary/aromatic N) is 2. The van der Waals surface area contributed by atoms with E-state index in [0.717, 1.165) is 89.0 Å². The molecule has 0 aromatic heterocycles. The van der Waals surface area contributed by atoms with Crippen molar-refractivity contribution in [3.63, 3.8) is 0 Å². The van der Waals surface area contributed by atoms with E-state index in [-0.39, 0.29) is 70.8 Å². The third-order valence-electron chi connectivity index (χ3n) is 19.7. The van der Waals surface area contributed by atoms with Gasteiger partial charge in [-0.05, 0) is 164 Å². The molecule has 0 unspecified atom stereocenters. The van der Waals surface area contributed by atoms with Crippen molar-refractivity contribution in [3.8, 4) is 66.8 Å². The van der Waals surface area contributed by atoms with Crippen LogP contribution in [0.4, 0.5) is 34.1 Å². The van der Waals surface area contributed by atoms with Crippen molar-refractivity contribution in [1.82, 2.24) is 0 Å². The molecule has 0 amide bonds. The van der Waals surface area contributed by atoms with Crippen molar-refractivity contribution in [2.24, 2.45) is 0 Å². The normalized spacial score (nSPS) is 16.0. The number of hydrogen-bond acceptors (Lipinski definition) is 2. The first kappa shape index (κ1) is 41.5. The smallest absolute Gasteiger partial charge is 0.252 e. The Balaban J connectivity index is 1.04. The number of benzene rings is 13. The van der Waals surface area contributed by atoms with Crippen molar-refractivity contribution in [3.05, 3.63) is 341 Å². The Morgan fingerprint density at radius 2 is 0.609 bits per heavy atom. The standard InChI is InChI=1S/C84H57BN2/c1-82(2,3)56-50-77-81-78(51-56)87(76-43-23-35-64-62-33-15-21-41-70(62)84(80(64)76)67-38-18-12-30-59(67)60-31-13-19-39-68(60)84)74-47-45-55(53-26-8-5-9-27-53)49-72(74)85(81)71-48-54(52-24-6-4-7-25-52)44-46-73(71)86(77)75-42-22-34-63-61-32-14-20-40-69(61)83(79(63)75)65-36-16-10-28-57(65)58-29-11-17-37-66(58)83/h4-51H,1-3H3/i44D,45D,46D,47D,48D,49D,50D,51D. The fraction of sp³-hybridized carbons (Fsp3) is 0.0714. The van der Waals surface area contributed by atoms with Crippen LogP contribution in [0.2, 0.25) is 0 Å². The van der Waals surface area contributed by atoms with E-state index < -0.39 is 23.0 Å². The summed E-state index contributed by atoms with van der Waals surface area (Å²) in [5.41, 5.74) is 19.4. The molecule has 87 heavy (non-hydrogen) atoms. The van der Waals surface area contributed by atoms with Crippen LogP contribution in [0.5, 0.6) is 0 Å². The summed E-state index contributed by atoms with van der Waals surface area (Å²) in [6, 6.07) is 82.3. The van der Waals surface area contributed by atoms with Gasteiger partial charge in [-0.25, -0.2) is 0 Å². The van der Waals surface area contributed by atoms with Gasteiger partial charge in [0.1, 0.15) is 0 Å². The van der Waals surface area contributed by atoms with Gasteiger partial charge in [0.25, 0.3) is 6.71 Å². The molecule has 13 aromatic carbocycles. The quantitative estimate of drug-likeness (QED) is 0.162. The summed E-state index contributed by atoms with van der Waals surface area (Å²) >= 11 is 0. The van der Waals surface area contributed by atoms with Gasteiger partial charge in [-0.15, -0.1) is 0 Å². The second kappa shape index (κ2) is 17.6. The molecular weight excluding hydrogens is 1050 g/mol. The highest BCUT2D eigenvalue weighted by atomic mass is 15.2. The lowest BCUT2D eigenvalue weighted by Crippen LogP contribution is -2.61. The lowest BCUT2D eigenvalue weighted by Gasteiger charge is -2.47. The highest BCUT2D eigenvalue weighted by Gasteiger charge is 2.57. The maximum atomic E-state index is 11.4. The summed E-state index contributed by atoms with van der Waals surface area (Å²) < 4.78 is 87.8. The summed E-state index contributed by atoms with van der Waals surface area (Å²) in [6.07, 6.45) is 0. The predicted octanol–water partition coefficient (Wildman–Crippen LogP) is 19.1. The van der Waals surface area contributed by atoms with Crippen LogP contribution in [0.15, 0.2) is 291 Å². The van der Waals surface area contributed by atoms with Gasteiger partial charge in [0.15, 0.2) is 0 Å². The lowest BCUT2D eigenvalue weighted by molar-refractivity contribution is 0.590. The Kier molecular flexibility index (Phi) is 8.38. The van der Waals surface area contributed by atoms with E-state index >= 15 is 0 Å². The molecule has 2 heterocycles. The average molecular weight is 1110 g/mol. The van der Waals surface area contributed by atoms with Crippen molar-refractivity contribution < 1.29 is 11.0 Å². The third-order valence-corrected chi connectivity index (χ3v) is 19.7. The largest absolute Gasteiger partial charge is 0.311 e. The van der Waals surface area contributed by atoms with E-state index in [0.29, 0.717) is 55.8 Å². The zero-order valence-corrected chi connectivity index (χ0v) is 48.1. The molecular formula is C84H57BN2. The van der Waals surface area contributed by atoms with Gasteiger partial charge in [0.2, 0.25) is 0 Å². The molecule has 19 rings (SSSR count). The highest BCUT2D eigenvalue weighted by molar-refractivity contribution is 7.00. The van der Waals surface area contributed by atoms with Gasteiger partial charge < -0.3 is 9.80 Å². The summed E-state index contributed by atoms with van der Waals surface area (Å²) in [4.78, 5) is 4.07. The molecule has 0 N–H and O–H groups in total. The second-order valence-corrected chi connectivity index (χ2v) is 25.0. The first-order valence-electron chi connectivity index (χ1n) is 34.2. The van der Waals surface area contributed by atoms with Crippen molar-refractivity contribution in [2.45, 2.75) is 37.0 Å². The minimum absolute atomic E-state index is 0.0399. The van der Waals surface area contributed by atoms with Crippen LogP contribution in [0.3, 0.4) is 0 Å². The zero-order valence-electron chi connectivity index (χ0n) is 56.1. The van der Waals surface area contributed by atoms with E-state index in [9.17, 15) is 11.0 Å². The van der Waals surface area contributed by atoms with Gasteiger partial charge in [-0.1, -0.05) is 275 Å². The van der Waals surface area contributed by atoms with E-state index in [1.165, 1.54) is 0 Å². The van der Waals surface area contributed by atoms with Crippen molar-refractivity contribution >= 4 is 57.2 Å². The summed E-state index contributed by atoms with van der Waals surface area (Å²) in [6.45, 7) is 4.88. The van der Waals surface area contributed by atoms with Crippen molar-refractivity contribution in [1.29, 1.82) is 0 Å². The predicted molar refractivity (Wildman–Crippen MR) is 363 cm³/mol. The number of anilines is 6. The zero-order chi connectivity index (χ0) is 64.5. The molecule has 2 aliphatic heterocycles. The first-order valence-corrected chi connectivity index (χ1v) is 30.2. The monoisotopic (exact) mass is 1110 g/mol. The molecule has 2 nitrogen and oxygen atoms in total. The van der Waals surface area contributed by atoms with Crippen LogP contribution < -0.4 is 26.2 Å². The van der Waals surface area contributed by atoms with Crippen LogP contribution >= 0.6 is 0 Å². The van der Waals surface area contributed by atoms with Gasteiger partial charge in [-0.3, -0.25) is 0 Å². The van der Waals surface area contributed by atoms with Gasteiger partial charge in [0, 0.05) is 33.9 Å². The Labute approximate surface area is 520 Å². The molecule has 0 atom stereocenters. The molecule has 0 fully saturated rings. The molecule has 3 heteroatoms. The van der Waals surface area contributed by atoms with Gasteiger partial charge in [-0.2, -0.15) is 0 Å². The molecule has 6 aliphatic rings. The van der Waals surface area contributed by atoms with Crippen LogP contribution in [-0.2, 0) is 16.2 Å². The van der Waals surface area contributed by atoms with E-state index in [4.69, 9.17) is 0 Å². The van der Waals surface area contributed by atoms with Crippen LogP contribution in [0, 0.1) is 0 Å². The summed E-state index contributed by atoms with van der Waals surface area (Å²) in [5, 5.41) is 0. The fourth-order valence-corrected chi connectivity index (χ4v) is 16.4. The minimum Gasteiger partial charge on any atom is -0.311 e. The lowest BCUT2D eigenvalue weighted by atomic mass is 9.33. The Bertz CT molecular complexity index is 5160. The second-order valence-electron chi connectivity index (χ2n) is 25.0. The van der Waals surface area contributed by atoms with Gasteiger partial charge >= 0.3 is 0 Å². The molecule has 2 spiro atoms. The molecule has 0 saturated carbocycles. The molecule has 406 valence electrons. The molecule has 0 saturated heterocycles. The Hall–Kier alpha value is -10.5. The first-order chi connectivity index (χ1) is 46.2. The number of rotatable bonds is 4. The minimum atomic E-state index is -1.22. The highest BCUT2D eigenvalue weighted by Crippen LogP contribution is 2.68. The number of hydrogen-bond donors (Lipinski definition) is 0. The summed E-state index contributed by atoms with van der Waals surface area (Å²) in [7, 11) is 0. The van der Waals surface area contributed by atoms with E-state index in [2.05, 4.69) is 170 Å². The fourth-order valence-electron chi connectivity index (χ4n) is 16.4. The molecule has 0 radical (unpaired) electrons. The van der Waals surface area contributed by atoms with Crippen LogP contribution in [-0.4, -0.2) is 6.71 Å². The SMILES string of the molecule is [2H]c1c([2H])c2c(c([2H])c1-c1ccccc1)B1c3c([2H])c(-c4ccccc4)c([2H])c([2H])c3N(c3cccc4c3C3(c5ccccc5-c5ccccc53)c3ccccc3-4)c3c([2H])c(C(C)(C)C)c([2H])c(c31)N2c1cccc2c1C1(c3ccccc3-c3ccccc31)c1ccccc1-2. The maximum absolute atomic E-state index is 11.4. The average Bonchev–Trinajstić information content (AvgIpc) is 1.66. The van der Waals surface area contributed by atoms with Crippen LogP contribution in [0.1, 0.15) is 81.8 Å². The van der Waals surface area contributed by atoms with E-state index in [1.807, 2.05) is 103 Å². The van der Waals surface area contributed by atoms with Crippen LogP contribution in [0.25, 0.3) is 66.8 Å². The maximum Gasteiger partial charge on any atom is 0.252 e. The Morgan fingerprint density at radius 3 is 0.954 bits per heavy atom. The van der Waals surface area contributed by atoms with Crippen molar-refractivity contribution in [2.75, 3.05) is 9.80 Å². The summed E-state index contributed by atoms with van der Waals surface area (Å²) in [5.74, 6) is 0. The van der Waals surface area contributed by atoms with Gasteiger partial charge in [0.05, 0.1) is 33.2 Å². The third kappa shape index (κ3) is 6.25. The molecule has 13 aromatic rings.